The van der Waals surface area contributed by atoms with Crippen molar-refractivity contribution in [1.29, 1.82) is 0 Å². The number of hydrogen-bond donors (Lipinski definition) is 2. The van der Waals surface area contributed by atoms with Gasteiger partial charge in [-0.25, -0.2) is 0 Å². The smallest absolute Gasteiger partial charge is 0.223 e. The monoisotopic (exact) mass is 328 g/mol. The van der Waals surface area contributed by atoms with Gasteiger partial charge in [0.15, 0.2) is 11.5 Å². The van der Waals surface area contributed by atoms with Gasteiger partial charge >= 0.3 is 0 Å². The standard InChI is InChI=1S/C16H24N2O3.ClH/c1-3-21-14-7-4-11(8-15(14)20-2)10-18-16(19)12-5-6-13(17)9-12;/h4,7-8,12-13H,3,5-6,9-10,17H2,1-2H3,(H,18,19);1H. The summed E-state index contributed by atoms with van der Waals surface area (Å²) in [5, 5.41) is 2.97. The molecule has 1 aliphatic carbocycles. The summed E-state index contributed by atoms with van der Waals surface area (Å²) < 4.78 is 10.8. The first-order valence-corrected chi connectivity index (χ1v) is 7.47. The Morgan fingerprint density at radius 3 is 2.73 bits per heavy atom. The van der Waals surface area contributed by atoms with Gasteiger partial charge in [-0.2, -0.15) is 0 Å². The fourth-order valence-corrected chi connectivity index (χ4v) is 2.68. The van der Waals surface area contributed by atoms with E-state index in [2.05, 4.69) is 5.32 Å². The van der Waals surface area contributed by atoms with E-state index < -0.39 is 0 Å². The van der Waals surface area contributed by atoms with Crippen molar-refractivity contribution in [2.45, 2.75) is 38.8 Å². The Morgan fingerprint density at radius 2 is 2.14 bits per heavy atom. The van der Waals surface area contributed by atoms with Crippen LogP contribution in [0.4, 0.5) is 0 Å². The lowest BCUT2D eigenvalue weighted by Crippen LogP contribution is -2.30. The van der Waals surface area contributed by atoms with Crippen molar-refractivity contribution in [2.75, 3.05) is 13.7 Å². The van der Waals surface area contributed by atoms with Crippen molar-refractivity contribution >= 4 is 18.3 Å². The second kappa shape index (κ2) is 8.86. The van der Waals surface area contributed by atoms with Crippen LogP contribution in [-0.2, 0) is 11.3 Å². The fourth-order valence-electron chi connectivity index (χ4n) is 2.68. The van der Waals surface area contributed by atoms with Crippen LogP contribution < -0.4 is 20.5 Å². The molecule has 0 aromatic heterocycles. The predicted octanol–water partition coefficient (Wildman–Crippen LogP) is 2.26. The van der Waals surface area contributed by atoms with E-state index in [1.165, 1.54) is 0 Å². The molecule has 1 aromatic rings. The maximum atomic E-state index is 12.1. The highest BCUT2D eigenvalue weighted by Gasteiger charge is 2.27. The van der Waals surface area contributed by atoms with Gasteiger partial charge in [-0.05, 0) is 43.9 Å². The van der Waals surface area contributed by atoms with Crippen molar-refractivity contribution in [3.05, 3.63) is 23.8 Å². The number of rotatable bonds is 6. The van der Waals surface area contributed by atoms with Gasteiger partial charge in [0.1, 0.15) is 0 Å². The van der Waals surface area contributed by atoms with Crippen LogP contribution in [0, 0.1) is 5.92 Å². The van der Waals surface area contributed by atoms with Crippen molar-refractivity contribution < 1.29 is 14.3 Å². The van der Waals surface area contributed by atoms with Gasteiger partial charge in [-0.1, -0.05) is 6.07 Å². The minimum absolute atomic E-state index is 0. The molecular formula is C16H25ClN2O3. The molecule has 124 valence electrons. The number of amides is 1. The molecule has 0 aliphatic heterocycles. The van der Waals surface area contributed by atoms with E-state index in [1.807, 2.05) is 25.1 Å². The molecule has 0 bridgehead atoms. The summed E-state index contributed by atoms with van der Waals surface area (Å²) in [7, 11) is 1.61. The van der Waals surface area contributed by atoms with E-state index in [-0.39, 0.29) is 30.3 Å². The van der Waals surface area contributed by atoms with Crippen LogP contribution in [0.5, 0.6) is 11.5 Å². The van der Waals surface area contributed by atoms with Gasteiger partial charge in [-0.15, -0.1) is 12.4 Å². The van der Waals surface area contributed by atoms with E-state index >= 15 is 0 Å². The molecule has 5 nitrogen and oxygen atoms in total. The highest BCUT2D eigenvalue weighted by atomic mass is 35.5. The van der Waals surface area contributed by atoms with E-state index in [1.54, 1.807) is 7.11 Å². The largest absolute Gasteiger partial charge is 0.493 e. The Kier molecular flexibility index (Phi) is 7.48. The first-order chi connectivity index (χ1) is 10.1. The summed E-state index contributed by atoms with van der Waals surface area (Å²) >= 11 is 0. The van der Waals surface area contributed by atoms with E-state index in [4.69, 9.17) is 15.2 Å². The van der Waals surface area contributed by atoms with Crippen LogP contribution in [-0.4, -0.2) is 25.7 Å². The molecule has 0 saturated heterocycles. The molecule has 0 heterocycles. The molecule has 6 heteroatoms. The molecular weight excluding hydrogens is 304 g/mol. The maximum Gasteiger partial charge on any atom is 0.223 e. The third-order valence-electron chi connectivity index (χ3n) is 3.84. The lowest BCUT2D eigenvalue weighted by atomic mass is 10.1. The minimum atomic E-state index is 0. The van der Waals surface area contributed by atoms with Crippen LogP contribution in [0.15, 0.2) is 18.2 Å². The molecule has 1 fully saturated rings. The summed E-state index contributed by atoms with van der Waals surface area (Å²) in [6.45, 7) is 3.02. The summed E-state index contributed by atoms with van der Waals surface area (Å²) in [6.07, 6.45) is 2.62. The number of halogens is 1. The van der Waals surface area contributed by atoms with Crippen LogP contribution in [0.3, 0.4) is 0 Å². The Morgan fingerprint density at radius 1 is 1.36 bits per heavy atom. The van der Waals surface area contributed by atoms with E-state index in [0.29, 0.717) is 18.9 Å². The molecule has 1 aliphatic rings. The summed E-state index contributed by atoms with van der Waals surface area (Å²) in [4.78, 5) is 12.1. The first kappa shape index (κ1) is 18.6. The highest BCUT2D eigenvalue weighted by molar-refractivity contribution is 5.85. The molecule has 2 rings (SSSR count). The van der Waals surface area contributed by atoms with Gasteiger partial charge in [0.25, 0.3) is 0 Å². The van der Waals surface area contributed by atoms with Crippen molar-refractivity contribution in [3.63, 3.8) is 0 Å². The molecule has 0 spiro atoms. The zero-order chi connectivity index (χ0) is 15.2. The summed E-state index contributed by atoms with van der Waals surface area (Å²) in [6, 6.07) is 5.88. The van der Waals surface area contributed by atoms with Gasteiger partial charge in [0, 0.05) is 18.5 Å². The first-order valence-electron chi connectivity index (χ1n) is 7.47. The molecule has 1 saturated carbocycles. The highest BCUT2D eigenvalue weighted by Crippen LogP contribution is 2.28. The Labute approximate surface area is 138 Å². The molecule has 1 aromatic carbocycles. The predicted molar refractivity (Wildman–Crippen MR) is 88.6 cm³/mol. The molecule has 3 N–H and O–H groups in total. The van der Waals surface area contributed by atoms with E-state index in [9.17, 15) is 4.79 Å². The van der Waals surface area contributed by atoms with Crippen LogP contribution >= 0.6 is 12.4 Å². The number of nitrogens with two attached hydrogens (primary N) is 1. The van der Waals surface area contributed by atoms with Gasteiger partial charge in [0.2, 0.25) is 5.91 Å². The summed E-state index contributed by atoms with van der Waals surface area (Å²) in [5.74, 6) is 1.56. The zero-order valence-corrected chi connectivity index (χ0v) is 13.9. The third-order valence-corrected chi connectivity index (χ3v) is 3.84. The Hall–Kier alpha value is -1.46. The number of ether oxygens (including phenoxy) is 2. The molecule has 0 radical (unpaired) electrons. The second-order valence-electron chi connectivity index (χ2n) is 5.41. The SMILES string of the molecule is CCOc1ccc(CNC(=O)C2CCC(N)C2)cc1OC.Cl. The zero-order valence-electron chi connectivity index (χ0n) is 13.1. The average Bonchev–Trinajstić information content (AvgIpc) is 2.92. The van der Waals surface area contributed by atoms with Crippen molar-refractivity contribution in [1.82, 2.24) is 5.32 Å². The number of methoxy groups -OCH3 is 1. The normalized spacial score (nSPS) is 20.1. The molecule has 2 unspecified atom stereocenters. The van der Waals surface area contributed by atoms with E-state index in [0.717, 1.165) is 30.6 Å². The number of carbonyl (C=O) groups is 1. The van der Waals surface area contributed by atoms with Crippen molar-refractivity contribution in [2.24, 2.45) is 11.7 Å². The number of hydrogen-bond acceptors (Lipinski definition) is 4. The second-order valence-corrected chi connectivity index (χ2v) is 5.41. The lowest BCUT2D eigenvalue weighted by Gasteiger charge is -2.13. The molecule has 22 heavy (non-hydrogen) atoms. The van der Waals surface area contributed by atoms with Crippen molar-refractivity contribution in [3.8, 4) is 11.5 Å². The quantitative estimate of drug-likeness (QED) is 0.840. The third kappa shape index (κ3) is 4.78. The fraction of sp³-hybridized carbons (Fsp3) is 0.562. The van der Waals surface area contributed by atoms with Crippen LogP contribution in [0.2, 0.25) is 0 Å². The molecule has 2 atom stereocenters. The lowest BCUT2D eigenvalue weighted by molar-refractivity contribution is -0.125. The average molecular weight is 329 g/mol. The Bertz CT molecular complexity index is 496. The minimum Gasteiger partial charge on any atom is -0.493 e. The van der Waals surface area contributed by atoms with Crippen LogP contribution in [0.1, 0.15) is 31.7 Å². The number of benzene rings is 1. The van der Waals surface area contributed by atoms with Crippen LogP contribution in [0.25, 0.3) is 0 Å². The van der Waals surface area contributed by atoms with Gasteiger partial charge in [-0.3, -0.25) is 4.79 Å². The molecule has 1 amide bonds. The van der Waals surface area contributed by atoms with Gasteiger partial charge in [0.05, 0.1) is 13.7 Å². The number of carbonyl (C=O) groups excluding carboxylic acids is 1. The Balaban J connectivity index is 0.00000242. The maximum absolute atomic E-state index is 12.1. The van der Waals surface area contributed by atoms with Gasteiger partial charge < -0.3 is 20.5 Å². The number of nitrogens with one attached hydrogen (secondary N) is 1. The summed E-state index contributed by atoms with van der Waals surface area (Å²) in [5.41, 5.74) is 6.83. The topological polar surface area (TPSA) is 73.6 Å².